The quantitative estimate of drug-likeness (QED) is 0.502. The van der Waals surface area contributed by atoms with Gasteiger partial charge in [0, 0.05) is 44.8 Å². The number of rotatable bonds is 8. The topological polar surface area (TPSA) is 98.8 Å². The fourth-order valence-electron chi connectivity index (χ4n) is 4.06. The molecule has 1 fully saturated rings. The Morgan fingerprint density at radius 3 is 2.29 bits per heavy atom. The number of anilines is 1. The summed E-state index contributed by atoms with van der Waals surface area (Å²) < 4.78 is 27.8. The number of fused-ring (bicyclic) bond motifs is 1. The Balaban J connectivity index is 1.20. The van der Waals surface area contributed by atoms with Crippen molar-refractivity contribution < 1.29 is 18.0 Å². The van der Waals surface area contributed by atoms with Crippen LogP contribution in [0.5, 0.6) is 0 Å². The predicted molar refractivity (Wildman–Crippen MR) is 137 cm³/mol. The number of sulfonamides is 1. The van der Waals surface area contributed by atoms with Crippen molar-refractivity contribution in [1.29, 1.82) is 0 Å². The Labute approximate surface area is 206 Å². The number of hydrogen-bond donors (Lipinski definition) is 2. The average Bonchev–Trinajstić information content (AvgIpc) is 2.85. The number of nitrogens with one attached hydrogen (secondary N) is 2. The standard InChI is InChI=1S/C26H30N4O4S/c1-20-6-9-23(10-7-20)28-25(31)19-29-14-16-30(17-15-29)26(32)12-13-27-35(33,34)24-11-8-21-4-2-3-5-22(21)18-24/h2-11,18,27H,12-17,19H2,1H3,(H,28,31). The lowest BCUT2D eigenvalue weighted by Crippen LogP contribution is -2.50. The van der Waals surface area contributed by atoms with Crippen LogP contribution in [0, 0.1) is 6.92 Å². The Morgan fingerprint density at radius 2 is 1.57 bits per heavy atom. The number of benzene rings is 3. The molecule has 2 N–H and O–H groups in total. The Morgan fingerprint density at radius 1 is 0.886 bits per heavy atom. The van der Waals surface area contributed by atoms with E-state index in [2.05, 4.69) is 10.0 Å². The van der Waals surface area contributed by atoms with Crippen molar-refractivity contribution >= 4 is 38.3 Å². The van der Waals surface area contributed by atoms with Crippen molar-refractivity contribution in [2.24, 2.45) is 0 Å². The third-order valence-corrected chi connectivity index (χ3v) is 7.55. The Hall–Kier alpha value is -3.27. The molecule has 2 amide bonds. The number of hydrogen-bond acceptors (Lipinski definition) is 5. The largest absolute Gasteiger partial charge is 0.340 e. The van der Waals surface area contributed by atoms with Crippen molar-refractivity contribution in [1.82, 2.24) is 14.5 Å². The minimum atomic E-state index is -3.70. The molecule has 3 aromatic carbocycles. The van der Waals surface area contributed by atoms with Crippen LogP contribution in [0.3, 0.4) is 0 Å². The Kier molecular flexibility index (Phi) is 7.80. The summed E-state index contributed by atoms with van der Waals surface area (Å²) in [5, 5.41) is 4.70. The van der Waals surface area contributed by atoms with Crippen LogP contribution in [0.4, 0.5) is 5.69 Å². The number of piperazine rings is 1. The third-order valence-electron chi connectivity index (χ3n) is 6.09. The maximum absolute atomic E-state index is 12.6. The molecule has 0 aliphatic carbocycles. The van der Waals surface area contributed by atoms with Crippen LogP contribution >= 0.6 is 0 Å². The molecule has 8 nitrogen and oxygen atoms in total. The van der Waals surface area contributed by atoms with Gasteiger partial charge >= 0.3 is 0 Å². The van der Waals surface area contributed by atoms with Crippen LogP contribution in [0.15, 0.2) is 71.6 Å². The molecule has 0 saturated carbocycles. The van der Waals surface area contributed by atoms with Gasteiger partial charge in [0.1, 0.15) is 0 Å². The second kappa shape index (κ2) is 11.0. The van der Waals surface area contributed by atoms with Gasteiger partial charge in [-0.15, -0.1) is 0 Å². The number of nitrogens with zero attached hydrogens (tertiary/aromatic N) is 2. The van der Waals surface area contributed by atoms with Gasteiger partial charge in [0.15, 0.2) is 0 Å². The summed E-state index contributed by atoms with van der Waals surface area (Å²) in [7, 11) is -3.70. The molecule has 35 heavy (non-hydrogen) atoms. The molecule has 1 aliphatic heterocycles. The third kappa shape index (κ3) is 6.66. The Bertz CT molecular complexity index is 1300. The van der Waals surface area contributed by atoms with E-state index >= 15 is 0 Å². The van der Waals surface area contributed by atoms with Crippen LogP contribution in [0.25, 0.3) is 10.8 Å². The van der Waals surface area contributed by atoms with Gasteiger partial charge in [-0.05, 0) is 42.0 Å². The van der Waals surface area contributed by atoms with Crippen LogP contribution in [-0.2, 0) is 19.6 Å². The van der Waals surface area contributed by atoms with Crippen molar-refractivity contribution in [3.05, 3.63) is 72.3 Å². The van der Waals surface area contributed by atoms with Gasteiger partial charge in [-0.2, -0.15) is 0 Å². The van der Waals surface area contributed by atoms with E-state index in [1.54, 1.807) is 23.1 Å². The van der Waals surface area contributed by atoms with Gasteiger partial charge in [-0.25, -0.2) is 13.1 Å². The number of aryl methyl sites for hydroxylation is 1. The van der Waals surface area contributed by atoms with Gasteiger partial charge in [0.25, 0.3) is 0 Å². The van der Waals surface area contributed by atoms with E-state index in [-0.39, 0.29) is 36.2 Å². The molecule has 3 aromatic rings. The molecule has 0 radical (unpaired) electrons. The molecular formula is C26H30N4O4S. The highest BCUT2D eigenvalue weighted by atomic mass is 32.2. The van der Waals surface area contributed by atoms with Crippen molar-refractivity contribution in [3.63, 3.8) is 0 Å². The number of amides is 2. The second-order valence-electron chi connectivity index (χ2n) is 8.73. The normalized spacial score (nSPS) is 14.7. The molecule has 0 atom stereocenters. The van der Waals surface area contributed by atoms with E-state index in [1.807, 2.05) is 60.4 Å². The predicted octanol–water partition coefficient (Wildman–Crippen LogP) is 2.60. The SMILES string of the molecule is Cc1ccc(NC(=O)CN2CCN(C(=O)CCNS(=O)(=O)c3ccc4ccccc4c3)CC2)cc1. The molecule has 0 spiro atoms. The minimum Gasteiger partial charge on any atom is -0.340 e. The van der Waals surface area contributed by atoms with Crippen molar-refractivity contribution in [2.45, 2.75) is 18.2 Å². The minimum absolute atomic E-state index is 0.0349. The molecule has 1 saturated heterocycles. The second-order valence-corrected chi connectivity index (χ2v) is 10.5. The maximum atomic E-state index is 12.6. The maximum Gasteiger partial charge on any atom is 0.240 e. The van der Waals surface area contributed by atoms with Gasteiger partial charge in [0.05, 0.1) is 11.4 Å². The van der Waals surface area contributed by atoms with E-state index in [0.29, 0.717) is 26.2 Å². The van der Waals surface area contributed by atoms with Gasteiger partial charge in [-0.3, -0.25) is 14.5 Å². The average molecular weight is 495 g/mol. The van der Waals surface area contributed by atoms with E-state index < -0.39 is 10.0 Å². The lowest BCUT2D eigenvalue weighted by molar-refractivity contribution is -0.132. The molecule has 0 aromatic heterocycles. The molecule has 1 aliphatic rings. The summed E-state index contributed by atoms with van der Waals surface area (Å²) in [5.74, 6) is -0.188. The monoisotopic (exact) mass is 494 g/mol. The summed E-state index contributed by atoms with van der Waals surface area (Å²) in [5.41, 5.74) is 1.89. The number of carbonyl (C=O) groups excluding carboxylic acids is 2. The number of carbonyl (C=O) groups is 2. The highest BCUT2D eigenvalue weighted by Crippen LogP contribution is 2.19. The summed E-state index contributed by atoms with van der Waals surface area (Å²) >= 11 is 0. The highest BCUT2D eigenvalue weighted by Gasteiger charge is 2.23. The van der Waals surface area contributed by atoms with Crippen LogP contribution < -0.4 is 10.0 Å². The highest BCUT2D eigenvalue weighted by molar-refractivity contribution is 7.89. The van der Waals surface area contributed by atoms with E-state index in [0.717, 1.165) is 22.0 Å². The van der Waals surface area contributed by atoms with Crippen LogP contribution in [0.1, 0.15) is 12.0 Å². The van der Waals surface area contributed by atoms with Gasteiger partial charge in [-0.1, -0.05) is 48.0 Å². The van der Waals surface area contributed by atoms with E-state index in [9.17, 15) is 18.0 Å². The zero-order valence-electron chi connectivity index (χ0n) is 19.7. The van der Waals surface area contributed by atoms with E-state index in [1.165, 1.54) is 0 Å². The molecule has 1 heterocycles. The molecule has 0 bridgehead atoms. The first-order valence-electron chi connectivity index (χ1n) is 11.7. The van der Waals surface area contributed by atoms with Crippen LogP contribution in [0.2, 0.25) is 0 Å². The summed E-state index contributed by atoms with van der Waals surface area (Å²) in [6.07, 6.45) is 0.0840. The summed E-state index contributed by atoms with van der Waals surface area (Å²) in [6, 6.07) is 20.2. The van der Waals surface area contributed by atoms with Gasteiger partial charge < -0.3 is 10.2 Å². The van der Waals surface area contributed by atoms with Gasteiger partial charge in [0.2, 0.25) is 21.8 Å². The van der Waals surface area contributed by atoms with Crippen molar-refractivity contribution in [3.8, 4) is 0 Å². The first-order valence-corrected chi connectivity index (χ1v) is 13.1. The molecule has 4 rings (SSSR count). The molecule has 9 heteroatoms. The first kappa shape index (κ1) is 24.8. The van der Waals surface area contributed by atoms with E-state index in [4.69, 9.17) is 0 Å². The zero-order chi connectivity index (χ0) is 24.8. The lowest BCUT2D eigenvalue weighted by Gasteiger charge is -2.34. The zero-order valence-corrected chi connectivity index (χ0v) is 20.6. The summed E-state index contributed by atoms with van der Waals surface area (Å²) in [4.78, 5) is 28.8. The smallest absolute Gasteiger partial charge is 0.240 e. The van der Waals surface area contributed by atoms with Crippen LogP contribution in [-0.4, -0.2) is 69.3 Å². The molecular weight excluding hydrogens is 464 g/mol. The fourth-order valence-corrected chi connectivity index (χ4v) is 5.13. The van der Waals surface area contributed by atoms with Crippen molar-refractivity contribution in [2.75, 3.05) is 44.6 Å². The first-order chi connectivity index (χ1) is 16.8. The lowest BCUT2D eigenvalue weighted by atomic mass is 10.1. The molecule has 184 valence electrons. The fraction of sp³-hybridized carbons (Fsp3) is 0.308. The summed E-state index contributed by atoms with van der Waals surface area (Å²) in [6.45, 7) is 4.49. The molecule has 0 unspecified atom stereocenters.